The van der Waals surface area contributed by atoms with Gasteiger partial charge in [0.1, 0.15) is 5.75 Å². The number of hydrogen-bond acceptors (Lipinski definition) is 4. The number of para-hydroxylation sites is 3. The fourth-order valence-electron chi connectivity index (χ4n) is 2.41. The predicted molar refractivity (Wildman–Crippen MR) is 82.4 cm³/mol. The summed E-state index contributed by atoms with van der Waals surface area (Å²) in [7, 11) is 0. The Hall–Kier alpha value is -3.15. The van der Waals surface area contributed by atoms with Crippen LogP contribution in [0.25, 0.3) is 16.7 Å². The van der Waals surface area contributed by atoms with Gasteiger partial charge in [-0.3, -0.25) is 0 Å². The topological polar surface area (TPSA) is 72.3 Å². The van der Waals surface area contributed by atoms with Crippen molar-refractivity contribution >= 4 is 16.7 Å². The number of rotatable bonds is 2. The van der Waals surface area contributed by atoms with Crippen molar-refractivity contribution in [3.8, 4) is 11.6 Å². The van der Waals surface area contributed by atoms with Gasteiger partial charge < -0.3 is 4.74 Å². The molecule has 0 atom stereocenters. The van der Waals surface area contributed by atoms with Gasteiger partial charge in [-0.25, -0.2) is 19.3 Å². The first-order chi connectivity index (χ1) is 10.7. The molecule has 4 aromatic rings. The van der Waals surface area contributed by atoms with Gasteiger partial charge in [-0.15, -0.1) is 5.10 Å². The SMILES string of the molecule is Cc1ccccc1Oc1nc2ccccc2n2c(=O)[nH]nc12. The number of aromatic amines is 1. The largest absolute Gasteiger partial charge is 0.436 e. The van der Waals surface area contributed by atoms with Crippen LogP contribution in [-0.4, -0.2) is 19.6 Å². The zero-order chi connectivity index (χ0) is 15.1. The molecule has 0 amide bonds. The van der Waals surface area contributed by atoms with Gasteiger partial charge in [0.05, 0.1) is 11.0 Å². The lowest BCUT2D eigenvalue weighted by molar-refractivity contribution is 0.464. The second-order valence-corrected chi connectivity index (χ2v) is 4.96. The molecule has 0 fully saturated rings. The number of fused-ring (bicyclic) bond motifs is 3. The minimum atomic E-state index is -0.316. The van der Waals surface area contributed by atoms with E-state index in [1.54, 1.807) is 0 Å². The second kappa shape index (κ2) is 4.70. The number of nitrogens with one attached hydrogen (secondary N) is 1. The van der Waals surface area contributed by atoms with E-state index in [-0.39, 0.29) is 5.69 Å². The second-order valence-electron chi connectivity index (χ2n) is 4.96. The number of aromatic nitrogens is 4. The Bertz CT molecular complexity index is 1050. The maximum absolute atomic E-state index is 12.0. The zero-order valence-electron chi connectivity index (χ0n) is 11.8. The van der Waals surface area contributed by atoms with Gasteiger partial charge in [-0.1, -0.05) is 30.3 Å². The molecule has 6 heteroatoms. The number of hydrogen-bond donors (Lipinski definition) is 1. The van der Waals surface area contributed by atoms with Crippen LogP contribution >= 0.6 is 0 Å². The summed E-state index contributed by atoms with van der Waals surface area (Å²) in [5.74, 6) is 0.981. The highest BCUT2D eigenvalue weighted by Crippen LogP contribution is 2.27. The summed E-state index contributed by atoms with van der Waals surface area (Å²) in [5.41, 5.74) is 2.39. The molecule has 0 unspecified atom stereocenters. The van der Waals surface area contributed by atoms with Gasteiger partial charge in [-0.2, -0.15) is 0 Å². The molecule has 2 aromatic carbocycles. The Morgan fingerprint density at radius 3 is 2.73 bits per heavy atom. The van der Waals surface area contributed by atoms with Crippen molar-refractivity contribution in [2.45, 2.75) is 6.92 Å². The molecule has 0 radical (unpaired) electrons. The molecule has 2 aromatic heterocycles. The summed E-state index contributed by atoms with van der Waals surface area (Å²) in [5, 5.41) is 6.48. The first-order valence-electron chi connectivity index (χ1n) is 6.83. The third kappa shape index (κ3) is 1.85. The third-order valence-corrected chi connectivity index (χ3v) is 3.51. The van der Waals surface area contributed by atoms with E-state index in [4.69, 9.17) is 4.74 Å². The molecule has 0 aliphatic carbocycles. The molecule has 22 heavy (non-hydrogen) atoms. The molecule has 0 aliphatic heterocycles. The molecule has 108 valence electrons. The van der Waals surface area contributed by atoms with E-state index in [2.05, 4.69) is 15.2 Å². The van der Waals surface area contributed by atoms with E-state index < -0.39 is 0 Å². The van der Waals surface area contributed by atoms with Crippen LogP contribution in [0.15, 0.2) is 53.3 Å². The lowest BCUT2D eigenvalue weighted by atomic mass is 10.2. The van der Waals surface area contributed by atoms with Gasteiger partial charge in [0, 0.05) is 0 Å². The van der Waals surface area contributed by atoms with E-state index >= 15 is 0 Å². The van der Waals surface area contributed by atoms with Crippen molar-refractivity contribution < 1.29 is 4.74 Å². The van der Waals surface area contributed by atoms with E-state index in [9.17, 15) is 4.79 Å². The van der Waals surface area contributed by atoms with Crippen LogP contribution in [-0.2, 0) is 0 Å². The average Bonchev–Trinajstić information content (AvgIpc) is 2.92. The standard InChI is InChI=1S/C16H12N4O2/c1-10-6-2-5-9-13(10)22-15-14-18-19-16(21)20(14)12-8-4-3-7-11(12)17-15/h2-9H,1H3,(H,19,21). The zero-order valence-corrected chi connectivity index (χ0v) is 11.8. The maximum atomic E-state index is 12.0. The molecule has 0 spiro atoms. The monoisotopic (exact) mass is 292 g/mol. The summed E-state index contributed by atoms with van der Waals surface area (Å²) >= 11 is 0. The van der Waals surface area contributed by atoms with Crippen LogP contribution < -0.4 is 10.4 Å². The van der Waals surface area contributed by atoms with Gasteiger partial charge in [-0.05, 0) is 30.7 Å². The highest BCUT2D eigenvalue weighted by molar-refractivity contribution is 5.79. The molecule has 1 N–H and O–H groups in total. The summed E-state index contributed by atoms with van der Waals surface area (Å²) in [6.07, 6.45) is 0. The van der Waals surface area contributed by atoms with Gasteiger partial charge in [0.15, 0.2) is 0 Å². The van der Waals surface area contributed by atoms with Crippen LogP contribution in [0.2, 0.25) is 0 Å². The average molecular weight is 292 g/mol. The van der Waals surface area contributed by atoms with Crippen molar-refractivity contribution in [1.29, 1.82) is 0 Å². The van der Waals surface area contributed by atoms with Gasteiger partial charge >= 0.3 is 5.69 Å². The highest BCUT2D eigenvalue weighted by atomic mass is 16.5. The highest BCUT2D eigenvalue weighted by Gasteiger charge is 2.14. The van der Waals surface area contributed by atoms with Crippen molar-refractivity contribution in [2.75, 3.05) is 0 Å². The Morgan fingerprint density at radius 1 is 1.09 bits per heavy atom. The molecule has 0 saturated heterocycles. The number of ether oxygens (including phenoxy) is 1. The molecular weight excluding hydrogens is 280 g/mol. The minimum Gasteiger partial charge on any atom is -0.436 e. The molecule has 2 heterocycles. The Balaban J connectivity index is 2.00. The lowest BCUT2D eigenvalue weighted by Gasteiger charge is -2.09. The minimum absolute atomic E-state index is 0.298. The smallest absolute Gasteiger partial charge is 0.348 e. The molecule has 0 saturated carbocycles. The quantitative estimate of drug-likeness (QED) is 0.616. The van der Waals surface area contributed by atoms with Crippen LogP contribution in [0, 0.1) is 6.92 Å². The van der Waals surface area contributed by atoms with Crippen LogP contribution in [0.4, 0.5) is 0 Å². The van der Waals surface area contributed by atoms with Gasteiger partial charge in [0.2, 0.25) is 5.65 Å². The van der Waals surface area contributed by atoms with Crippen molar-refractivity contribution in [1.82, 2.24) is 19.6 Å². The Morgan fingerprint density at radius 2 is 1.86 bits per heavy atom. The fraction of sp³-hybridized carbons (Fsp3) is 0.0625. The molecule has 6 nitrogen and oxygen atoms in total. The number of benzene rings is 2. The number of aryl methyl sites for hydroxylation is 1. The fourth-order valence-corrected chi connectivity index (χ4v) is 2.41. The van der Waals surface area contributed by atoms with Crippen molar-refractivity contribution in [2.24, 2.45) is 0 Å². The Labute approximate surface area is 125 Å². The summed E-state index contributed by atoms with van der Waals surface area (Å²) < 4.78 is 7.36. The number of H-pyrrole nitrogens is 1. The first-order valence-corrected chi connectivity index (χ1v) is 6.83. The summed E-state index contributed by atoms with van der Waals surface area (Å²) in [6.45, 7) is 1.95. The van der Waals surface area contributed by atoms with E-state index in [1.165, 1.54) is 4.40 Å². The number of nitrogens with zero attached hydrogens (tertiary/aromatic N) is 3. The molecular formula is C16H12N4O2. The van der Waals surface area contributed by atoms with Gasteiger partial charge in [0.25, 0.3) is 5.88 Å². The Kier molecular flexibility index (Phi) is 2.69. The van der Waals surface area contributed by atoms with Crippen molar-refractivity contribution in [3.05, 3.63) is 64.6 Å². The predicted octanol–water partition coefficient (Wildman–Crippen LogP) is 2.67. The molecule has 0 bridgehead atoms. The third-order valence-electron chi connectivity index (χ3n) is 3.51. The van der Waals surface area contributed by atoms with E-state index in [1.807, 2.05) is 55.5 Å². The molecule has 0 aliphatic rings. The summed E-state index contributed by atoms with van der Waals surface area (Å²) in [4.78, 5) is 16.5. The van der Waals surface area contributed by atoms with Crippen LogP contribution in [0.3, 0.4) is 0 Å². The van der Waals surface area contributed by atoms with E-state index in [0.29, 0.717) is 28.3 Å². The van der Waals surface area contributed by atoms with E-state index in [0.717, 1.165) is 5.56 Å². The lowest BCUT2D eigenvalue weighted by Crippen LogP contribution is -2.11. The van der Waals surface area contributed by atoms with Crippen LogP contribution in [0.5, 0.6) is 11.6 Å². The maximum Gasteiger partial charge on any atom is 0.348 e. The normalized spacial score (nSPS) is 11.1. The first kappa shape index (κ1) is 12.6. The van der Waals surface area contributed by atoms with Crippen molar-refractivity contribution in [3.63, 3.8) is 0 Å². The summed E-state index contributed by atoms with van der Waals surface area (Å²) in [6, 6.07) is 15.0. The molecule has 4 rings (SSSR count). The van der Waals surface area contributed by atoms with Crippen LogP contribution in [0.1, 0.15) is 5.56 Å².